The molecule has 0 bridgehead atoms. The zero-order valence-electron chi connectivity index (χ0n) is 7.52. The van der Waals surface area contributed by atoms with Gasteiger partial charge in [0.15, 0.2) is 0 Å². The molecule has 0 aliphatic heterocycles. The summed E-state index contributed by atoms with van der Waals surface area (Å²) in [6, 6.07) is 3.65. The molecule has 0 atom stereocenters. The van der Waals surface area contributed by atoms with Gasteiger partial charge >= 0.3 is 0 Å². The molecule has 5 heteroatoms. The summed E-state index contributed by atoms with van der Waals surface area (Å²) in [4.78, 5) is 3.99. The molecule has 1 aromatic rings. The molecule has 0 N–H and O–H groups in total. The highest BCUT2D eigenvalue weighted by Crippen LogP contribution is 2.05. The molecule has 0 unspecified atom stereocenters. The molecule has 0 aliphatic rings. The quantitative estimate of drug-likeness (QED) is 0.681. The highest BCUT2D eigenvalue weighted by molar-refractivity contribution is 7.85. The second-order valence-corrected chi connectivity index (χ2v) is 4.38. The lowest BCUT2D eigenvalue weighted by Gasteiger charge is -2.03. The molecule has 0 aromatic carbocycles. The third-order valence-electron chi connectivity index (χ3n) is 1.53. The fourth-order valence-electron chi connectivity index (χ4n) is 0.832. The molecule has 0 saturated heterocycles. The Balaban J connectivity index is 2.71. The smallest absolute Gasteiger partial charge is 0.264 e. The van der Waals surface area contributed by atoms with E-state index in [1.807, 2.05) is 13.0 Å². The molecule has 0 fully saturated rings. The van der Waals surface area contributed by atoms with E-state index in [9.17, 15) is 8.42 Å². The predicted molar refractivity (Wildman–Crippen MR) is 48.6 cm³/mol. The van der Waals surface area contributed by atoms with Crippen LogP contribution in [0.25, 0.3) is 0 Å². The molecule has 0 amide bonds. The molecule has 4 nitrogen and oxygen atoms in total. The Labute approximate surface area is 77.7 Å². The van der Waals surface area contributed by atoms with Gasteiger partial charge in [-0.2, -0.15) is 8.42 Å². The molecule has 1 aromatic heterocycles. The largest absolute Gasteiger partial charge is 0.264 e. The van der Waals surface area contributed by atoms with Crippen molar-refractivity contribution in [2.75, 3.05) is 6.26 Å². The minimum absolute atomic E-state index is 0.00546. The summed E-state index contributed by atoms with van der Waals surface area (Å²) < 4.78 is 25.9. The predicted octanol–water partition coefficient (Wildman–Crippen LogP) is 0.866. The van der Waals surface area contributed by atoms with Gasteiger partial charge in [0.2, 0.25) is 0 Å². The van der Waals surface area contributed by atoms with Crippen molar-refractivity contribution in [2.45, 2.75) is 13.5 Å². The van der Waals surface area contributed by atoms with Gasteiger partial charge < -0.3 is 0 Å². The fraction of sp³-hybridized carbons (Fsp3) is 0.375. The van der Waals surface area contributed by atoms with E-state index < -0.39 is 10.1 Å². The van der Waals surface area contributed by atoms with Crippen molar-refractivity contribution >= 4 is 10.1 Å². The molecule has 0 aliphatic carbocycles. The Morgan fingerprint density at radius 3 is 2.77 bits per heavy atom. The molecular weight excluding hydrogens is 190 g/mol. The van der Waals surface area contributed by atoms with Crippen LogP contribution in [0.1, 0.15) is 11.3 Å². The van der Waals surface area contributed by atoms with E-state index in [0.717, 1.165) is 11.8 Å². The zero-order valence-corrected chi connectivity index (χ0v) is 8.34. The van der Waals surface area contributed by atoms with Gasteiger partial charge in [0.05, 0.1) is 11.9 Å². The summed E-state index contributed by atoms with van der Waals surface area (Å²) in [5, 5.41) is 0. The maximum Gasteiger partial charge on any atom is 0.264 e. The van der Waals surface area contributed by atoms with Crippen molar-refractivity contribution in [3.8, 4) is 0 Å². The molecule has 13 heavy (non-hydrogen) atoms. The van der Waals surface area contributed by atoms with Crippen LogP contribution in [0, 0.1) is 6.92 Å². The fourth-order valence-corrected chi connectivity index (χ4v) is 1.16. The maximum absolute atomic E-state index is 10.7. The van der Waals surface area contributed by atoms with Crippen LogP contribution in [0.2, 0.25) is 0 Å². The Kier molecular flexibility index (Phi) is 3.00. The minimum atomic E-state index is -3.38. The first-order valence-electron chi connectivity index (χ1n) is 3.74. The Hall–Kier alpha value is -0.940. The van der Waals surface area contributed by atoms with E-state index in [2.05, 4.69) is 9.17 Å². The van der Waals surface area contributed by atoms with E-state index >= 15 is 0 Å². The molecular formula is C8H11NO3S. The number of nitrogens with zero attached hydrogens (tertiary/aromatic N) is 1. The third kappa shape index (κ3) is 3.52. The molecule has 0 spiro atoms. The van der Waals surface area contributed by atoms with Gasteiger partial charge in [0.25, 0.3) is 10.1 Å². The summed E-state index contributed by atoms with van der Waals surface area (Å²) in [6.07, 6.45) is 2.62. The Morgan fingerprint density at radius 1 is 1.54 bits per heavy atom. The molecule has 0 saturated carbocycles. The van der Waals surface area contributed by atoms with Crippen molar-refractivity contribution in [3.05, 3.63) is 29.6 Å². The highest BCUT2D eigenvalue weighted by atomic mass is 32.2. The first-order chi connectivity index (χ1) is 5.99. The maximum atomic E-state index is 10.7. The van der Waals surface area contributed by atoms with Gasteiger partial charge in [-0.15, -0.1) is 0 Å². The number of pyridine rings is 1. The lowest BCUT2D eigenvalue weighted by molar-refractivity contribution is 0.306. The Bertz CT molecular complexity index is 386. The van der Waals surface area contributed by atoms with Gasteiger partial charge in [-0.1, -0.05) is 6.07 Å². The molecule has 72 valence electrons. The van der Waals surface area contributed by atoms with Crippen LogP contribution >= 0.6 is 0 Å². The van der Waals surface area contributed by atoms with Gasteiger partial charge in [0, 0.05) is 6.20 Å². The number of rotatable bonds is 3. The second-order valence-electron chi connectivity index (χ2n) is 2.73. The van der Waals surface area contributed by atoms with Gasteiger partial charge in [-0.3, -0.25) is 9.17 Å². The van der Waals surface area contributed by atoms with Crippen molar-refractivity contribution in [3.63, 3.8) is 0 Å². The highest BCUT2D eigenvalue weighted by Gasteiger charge is 2.04. The van der Waals surface area contributed by atoms with E-state index in [0.29, 0.717) is 5.69 Å². The zero-order chi connectivity index (χ0) is 9.90. The monoisotopic (exact) mass is 201 g/mol. The summed E-state index contributed by atoms with van der Waals surface area (Å²) in [6.45, 7) is 1.86. The first-order valence-corrected chi connectivity index (χ1v) is 5.55. The number of hydrogen-bond acceptors (Lipinski definition) is 4. The van der Waals surface area contributed by atoms with E-state index in [1.165, 1.54) is 0 Å². The summed E-state index contributed by atoms with van der Waals surface area (Å²) in [7, 11) is -3.38. The number of aryl methyl sites for hydroxylation is 1. The van der Waals surface area contributed by atoms with Crippen LogP contribution in [0.3, 0.4) is 0 Å². The second kappa shape index (κ2) is 3.85. The lowest BCUT2D eigenvalue weighted by atomic mass is 10.2. The van der Waals surface area contributed by atoms with Gasteiger partial charge in [-0.05, 0) is 18.6 Å². The standard InChI is InChI=1S/C8H11NO3S/c1-7-4-3-5-9-8(7)6-12-13(2,10)11/h3-5H,6H2,1-2H3. The van der Waals surface area contributed by atoms with Crippen molar-refractivity contribution in [1.29, 1.82) is 0 Å². The number of aromatic nitrogens is 1. The Morgan fingerprint density at radius 2 is 2.23 bits per heavy atom. The number of hydrogen-bond donors (Lipinski definition) is 0. The lowest BCUT2D eigenvalue weighted by Crippen LogP contribution is -2.04. The van der Waals surface area contributed by atoms with Crippen LogP contribution in [-0.4, -0.2) is 19.7 Å². The average Bonchev–Trinajstić information content (AvgIpc) is 2.01. The molecule has 1 rings (SSSR count). The normalized spacial score (nSPS) is 11.5. The van der Waals surface area contributed by atoms with Crippen LogP contribution in [0.4, 0.5) is 0 Å². The first kappa shape index (κ1) is 10.1. The van der Waals surface area contributed by atoms with Crippen LogP contribution in [0.15, 0.2) is 18.3 Å². The summed E-state index contributed by atoms with van der Waals surface area (Å²) in [5.74, 6) is 0. The van der Waals surface area contributed by atoms with Gasteiger partial charge in [0.1, 0.15) is 6.61 Å². The summed E-state index contributed by atoms with van der Waals surface area (Å²) in [5.41, 5.74) is 1.57. The third-order valence-corrected chi connectivity index (χ3v) is 2.07. The van der Waals surface area contributed by atoms with Crippen molar-refractivity contribution in [1.82, 2.24) is 4.98 Å². The SMILES string of the molecule is Cc1cccnc1COS(C)(=O)=O. The average molecular weight is 201 g/mol. The van der Waals surface area contributed by atoms with Crippen molar-refractivity contribution < 1.29 is 12.6 Å². The van der Waals surface area contributed by atoms with Gasteiger partial charge in [-0.25, -0.2) is 0 Å². The van der Waals surface area contributed by atoms with Crippen LogP contribution in [-0.2, 0) is 20.9 Å². The minimum Gasteiger partial charge on any atom is -0.264 e. The van der Waals surface area contributed by atoms with Crippen LogP contribution < -0.4 is 0 Å². The van der Waals surface area contributed by atoms with E-state index in [1.54, 1.807) is 12.3 Å². The van der Waals surface area contributed by atoms with E-state index in [-0.39, 0.29) is 6.61 Å². The topological polar surface area (TPSA) is 56.3 Å². The summed E-state index contributed by atoms with van der Waals surface area (Å²) >= 11 is 0. The van der Waals surface area contributed by atoms with Crippen molar-refractivity contribution in [2.24, 2.45) is 0 Å². The van der Waals surface area contributed by atoms with Crippen LogP contribution in [0.5, 0.6) is 0 Å². The molecule has 0 radical (unpaired) electrons. The van der Waals surface area contributed by atoms with E-state index in [4.69, 9.17) is 0 Å². The molecule has 1 heterocycles.